The molecule has 0 aliphatic heterocycles. The maximum atomic E-state index is 9.31. The van der Waals surface area contributed by atoms with E-state index in [2.05, 4.69) is 44.1 Å². The van der Waals surface area contributed by atoms with Gasteiger partial charge in [0.25, 0.3) is 0 Å². The molecule has 1 radical (unpaired) electrons. The minimum absolute atomic E-state index is 0.782. The molecule has 3 heteroatoms. The summed E-state index contributed by atoms with van der Waals surface area (Å²) < 4.78 is 2.22. The van der Waals surface area contributed by atoms with Crippen LogP contribution in [-0.4, -0.2) is 16.9 Å². The summed E-state index contributed by atoms with van der Waals surface area (Å²) in [6, 6.07) is 0. The summed E-state index contributed by atoms with van der Waals surface area (Å²) in [5.41, 5.74) is 7.49. The van der Waals surface area contributed by atoms with Crippen molar-refractivity contribution in [1.29, 1.82) is 0 Å². The molecule has 0 aromatic carbocycles. The van der Waals surface area contributed by atoms with Crippen molar-refractivity contribution >= 4 is 37.3 Å². The van der Waals surface area contributed by atoms with Crippen molar-refractivity contribution < 1.29 is 5.02 Å². The summed E-state index contributed by atoms with van der Waals surface area (Å²) in [5.74, 6) is 0. The summed E-state index contributed by atoms with van der Waals surface area (Å²) in [6.45, 7) is 17.7. The summed E-state index contributed by atoms with van der Waals surface area (Å²) in [6.07, 6.45) is 13.4. The molecular formula is C21H23BNO. The molecule has 0 saturated heterocycles. The van der Waals surface area contributed by atoms with Gasteiger partial charge in [-0.1, -0.05) is 61.7 Å². The van der Waals surface area contributed by atoms with Crippen molar-refractivity contribution in [3.8, 4) is 0 Å². The van der Waals surface area contributed by atoms with E-state index in [-0.39, 0.29) is 0 Å². The number of hydrogen-bond donors (Lipinski definition) is 1. The van der Waals surface area contributed by atoms with Crippen LogP contribution in [0.25, 0.3) is 29.8 Å². The Morgan fingerprint density at radius 2 is 1.83 bits per heavy atom. The highest BCUT2D eigenvalue weighted by Crippen LogP contribution is 2.28. The average molecular weight is 316 g/mol. The monoisotopic (exact) mass is 316 g/mol. The number of rotatable bonds is 6. The Balaban J connectivity index is 3.07. The summed E-state index contributed by atoms with van der Waals surface area (Å²) in [4.78, 5) is 0. The Hall–Kier alpha value is -2.52. The second-order valence-electron chi connectivity index (χ2n) is 5.74. The lowest BCUT2D eigenvalue weighted by molar-refractivity contribution is 0.611. The number of aromatic nitrogens is 1. The fraction of sp³-hybridized carbons (Fsp3) is 0.143. The minimum atomic E-state index is 0.782. The van der Waals surface area contributed by atoms with E-state index in [9.17, 15) is 5.02 Å². The van der Waals surface area contributed by atoms with Gasteiger partial charge in [0.15, 0.2) is 0 Å². The molecule has 0 aliphatic rings. The Morgan fingerprint density at radius 3 is 2.38 bits per heavy atom. The van der Waals surface area contributed by atoms with Gasteiger partial charge in [-0.3, -0.25) is 0 Å². The van der Waals surface area contributed by atoms with E-state index in [1.165, 1.54) is 11.1 Å². The molecule has 0 unspecified atom stereocenters. The largest absolute Gasteiger partial charge is 0.450 e. The first kappa shape index (κ1) is 17.8. The number of fused-ring (bicyclic) bond motifs is 1. The van der Waals surface area contributed by atoms with Crippen molar-refractivity contribution in [2.45, 2.75) is 20.8 Å². The molecule has 0 amide bonds. The smallest absolute Gasteiger partial charge is 0.322 e. The van der Waals surface area contributed by atoms with Crippen molar-refractivity contribution in [1.82, 2.24) is 4.40 Å². The van der Waals surface area contributed by atoms with Gasteiger partial charge in [-0.2, -0.15) is 0 Å². The van der Waals surface area contributed by atoms with Gasteiger partial charge in [0.05, 0.1) is 11.2 Å². The van der Waals surface area contributed by atoms with Gasteiger partial charge in [0, 0.05) is 16.5 Å². The summed E-state index contributed by atoms with van der Waals surface area (Å²) in [7, 11) is 1.12. The van der Waals surface area contributed by atoms with Crippen molar-refractivity contribution in [3.63, 3.8) is 0 Å². The van der Waals surface area contributed by atoms with Crippen LogP contribution in [0, 0.1) is 13.8 Å². The molecule has 24 heavy (non-hydrogen) atoms. The molecule has 1 N–H and O–H groups in total. The Kier molecular flexibility index (Phi) is 5.48. The quantitative estimate of drug-likeness (QED) is 0.631. The van der Waals surface area contributed by atoms with Gasteiger partial charge in [0.1, 0.15) is 0 Å². The maximum Gasteiger partial charge on any atom is 0.322 e. The number of nitrogens with zero attached hydrogens (tertiary/aromatic N) is 1. The predicted molar refractivity (Wildman–Crippen MR) is 108 cm³/mol. The van der Waals surface area contributed by atoms with Crippen molar-refractivity contribution in [2.75, 3.05) is 0 Å². The van der Waals surface area contributed by atoms with Crippen LogP contribution in [0.3, 0.4) is 0 Å². The first-order valence-corrected chi connectivity index (χ1v) is 7.89. The van der Waals surface area contributed by atoms with E-state index >= 15 is 0 Å². The van der Waals surface area contributed by atoms with Crippen molar-refractivity contribution in [3.05, 3.63) is 76.7 Å². The molecule has 2 aromatic heterocycles. The molecule has 2 nitrogen and oxygen atoms in total. The number of hydrogen-bond acceptors (Lipinski definition) is 1. The highest BCUT2D eigenvalue weighted by Gasteiger charge is 2.18. The standard InChI is InChI=1S/C21H23BNO/c1-7-10-12-18-15(5)21-19(11-8-2)17(9-3)20(13-14(4)22-24)23(21)16(18)6/h7-13,24H,1-3H2,4-6H3/b12-10-,14-13+,19-11-. The third-order valence-corrected chi connectivity index (χ3v) is 4.23. The first-order valence-electron chi connectivity index (χ1n) is 7.89. The lowest BCUT2D eigenvalue weighted by atomic mass is 9.88. The van der Waals surface area contributed by atoms with Crippen LogP contribution in [0.1, 0.15) is 35.0 Å². The predicted octanol–water partition coefficient (Wildman–Crippen LogP) is 4.06. The molecule has 2 aromatic rings. The highest BCUT2D eigenvalue weighted by atomic mass is 16.2. The van der Waals surface area contributed by atoms with E-state index in [0.717, 1.165) is 40.6 Å². The van der Waals surface area contributed by atoms with Gasteiger partial charge in [-0.15, -0.1) is 0 Å². The molecule has 2 rings (SSSR count). The SMILES string of the molecule is C=C/C=C\c1c(C)c2/c(=C\C=C)c(C=C)c(/C=C(\C)[B]O)n2c1C. The molecule has 0 spiro atoms. The topological polar surface area (TPSA) is 24.6 Å². The van der Waals surface area contributed by atoms with Gasteiger partial charge < -0.3 is 9.42 Å². The summed E-state index contributed by atoms with van der Waals surface area (Å²) in [5, 5.41) is 10.4. The molecule has 0 atom stereocenters. The zero-order valence-corrected chi connectivity index (χ0v) is 14.6. The van der Waals surface area contributed by atoms with E-state index in [1.807, 2.05) is 31.2 Å². The lowest BCUT2D eigenvalue weighted by Crippen LogP contribution is -2.02. The van der Waals surface area contributed by atoms with Crippen LogP contribution in [-0.2, 0) is 0 Å². The van der Waals surface area contributed by atoms with Gasteiger partial charge in [0.2, 0.25) is 0 Å². The van der Waals surface area contributed by atoms with Crippen LogP contribution in [0.4, 0.5) is 0 Å². The zero-order chi connectivity index (χ0) is 17.9. The van der Waals surface area contributed by atoms with E-state index in [0.29, 0.717) is 0 Å². The normalized spacial score (nSPS) is 13.0. The van der Waals surface area contributed by atoms with Gasteiger partial charge >= 0.3 is 7.48 Å². The number of allylic oxidation sites excluding steroid dienone is 4. The lowest BCUT2D eigenvalue weighted by Gasteiger charge is -2.02. The fourth-order valence-corrected chi connectivity index (χ4v) is 3.17. The Morgan fingerprint density at radius 1 is 1.12 bits per heavy atom. The molecule has 0 bridgehead atoms. The second kappa shape index (κ2) is 7.37. The van der Waals surface area contributed by atoms with Gasteiger partial charge in [-0.25, -0.2) is 0 Å². The highest BCUT2D eigenvalue weighted by molar-refractivity contribution is 6.37. The zero-order valence-electron chi connectivity index (χ0n) is 14.6. The molecule has 2 heterocycles. The number of aryl methyl sites for hydroxylation is 2. The first-order chi connectivity index (χ1) is 11.5. The van der Waals surface area contributed by atoms with E-state index in [1.54, 1.807) is 12.2 Å². The molecule has 0 saturated carbocycles. The second-order valence-corrected chi connectivity index (χ2v) is 5.74. The average Bonchev–Trinajstić information content (AvgIpc) is 3.00. The van der Waals surface area contributed by atoms with E-state index < -0.39 is 0 Å². The summed E-state index contributed by atoms with van der Waals surface area (Å²) >= 11 is 0. The Labute approximate surface area is 144 Å². The molecule has 0 aliphatic carbocycles. The minimum Gasteiger partial charge on any atom is -0.450 e. The molecular weight excluding hydrogens is 293 g/mol. The maximum absolute atomic E-state index is 9.31. The van der Waals surface area contributed by atoms with Crippen LogP contribution in [0.15, 0.2) is 43.4 Å². The third-order valence-electron chi connectivity index (χ3n) is 4.23. The molecule has 0 fully saturated rings. The molecule has 121 valence electrons. The van der Waals surface area contributed by atoms with E-state index in [4.69, 9.17) is 0 Å². The third kappa shape index (κ3) is 2.83. The van der Waals surface area contributed by atoms with Crippen molar-refractivity contribution in [2.24, 2.45) is 0 Å². The van der Waals surface area contributed by atoms with Crippen LogP contribution >= 0.6 is 0 Å². The van der Waals surface area contributed by atoms with Crippen LogP contribution in [0.5, 0.6) is 0 Å². The Bertz CT molecular complexity index is 926. The van der Waals surface area contributed by atoms with Crippen LogP contribution in [0.2, 0.25) is 0 Å². The van der Waals surface area contributed by atoms with Gasteiger partial charge in [-0.05, 0) is 38.0 Å². The fourth-order valence-electron chi connectivity index (χ4n) is 3.17. The van der Waals surface area contributed by atoms with Crippen LogP contribution < -0.4 is 5.22 Å².